The van der Waals surface area contributed by atoms with Crippen molar-refractivity contribution in [3.8, 4) is 0 Å². The van der Waals surface area contributed by atoms with Gasteiger partial charge in [-0.05, 0) is 48.7 Å². The van der Waals surface area contributed by atoms with Gasteiger partial charge in [-0.25, -0.2) is 15.0 Å². The van der Waals surface area contributed by atoms with E-state index in [2.05, 4.69) is 25.2 Å². The van der Waals surface area contributed by atoms with E-state index in [-0.39, 0.29) is 5.91 Å². The number of piperazine rings is 1. The van der Waals surface area contributed by atoms with E-state index in [0.29, 0.717) is 18.9 Å². The van der Waals surface area contributed by atoms with Crippen LogP contribution in [0.15, 0.2) is 61.1 Å². The van der Waals surface area contributed by atoms with Gasteiger partial charge >= 0.3 is 0 Å². The lowest BCUT2D eigenvalue weighted by molar-refractivity contribution is -0.126. The Morgan fingerprint density at radius 1 is 0.968 bits per heavy atom. The monoisotopic (exact) mass is 414 g/mol. The molecule has 7 heteroatoms. The first-order valence-corrected chi connectivity index (χ1v) is 10.4. The average molecular weight is 415 g/mol. The topological polar surface area (TPSA) is 74.2 Å². The Balaban J connectivity index is 1.35. The molecule has 0 saturated carbocycles. The highest BCUT2D eigenvalue weighted by Crippen LogP contribution is 2.19. The lowest BCUT2D eigenvalue weighted by atomic mass is 10.1. The van der Waals surface area contributed by atoms with Crippen LogP contribution in [0.5, 0.6) is 0 Å². The SMILES string of the molecule is Cc1ccnc(Nc2cc(N3CCN(C(=O)/C=C/c4ccccc4C)CC3)ncn2)c1. The van der Waals surface area contributed by atoms with Crippen LogP contribution < -0.4 is 10.2 Å². The van der Waals surface area contributed by atoms with Crippen molar-refractivity contribution in [1.29, 1.82) is 0 Å². The van der Waals surface area contributed by atoms with Crippen LogP contribution in [0, 0.1) is 13.8 Å². The Kier molecular flexibility index (Phi) is 6.21. The van der Waals surface area contributed by atoms with Gasteiger partial charge in [0.25, 0.3) is 0 Å². The molecule has 3 aromatic rings. The summed E-state index contributed by atoms with van der Waals surface area (Å²) in [6, 6.07) is 13.9. The Hall–Kier alpha value is -3.74. The first kappa shape index (κ1) is 20.5. The number of carbonyl (C=O) groups excluding carboxylic acids is 1. The van der Waals surface area contributed by atoms with Gasteiger partial charge in [0.2, 0.25) is 5.91 Å². The van der Waals surface area contributed by atoms with Crippen LogP contribution in [0.4, 0.5) is 17.5 Å². The molecule has 0 radical (unpaired) electrons. The fourth-order valence-corrected chi connectivity index (χ4v) is 3.52. The van der Waals surface area contributed by atoms with Gasteiger partial charge in [-0.1, -0.05) is 24.3 Å². The summed E-state index contributed by atoms with van der Waals surface area (Å²) in [7, 11) is 0. The smallest absolute Gasteiger partial charge is 0.246 e. The average Bonchev–Trinajstić information content (AvgIpc) is 2.79. The Morgan fingerprint density at radius 2 is 1.74 bits per heavy atom. The number of pyridine rings is 1. The quantitative estimate of drug-likeness (QED) is 0.643. The fraction of sp³-hybridized carbons (Fsp3) is 0.250. The molecule has 0 aliphatic carbocycles. The standard InChI is InChI=1S/C24H26N6O/c1-18-9-10-25-21(15-18)28-22-16-23(27-17-26-22)29-11-13-30(14-12-29)24(31)8-7-20-6-4-3-5-19(20)2/h3-10,15-17H,11-14H2,1-2H3,(H,25,26,27,28)/b8-7+. The first-order chi connectivity index (χ1) is 15.1. The number of anilines is 3. The molecule has 1 aliphatic rings. The highest BCUT2D eigenvalue weighted by molar-refractivity contribution is 5.92. The molecule has 158 valence electrons. The molecule has 7 nitrogen and oxygen atoms in total. The van der Waals surface area contributed by atoms with E-state index in [4.69, 9.17) is 0 Å². The van der Waals surface area contributed by atoms with Crippen molar-refractivity contribution in [1.82, 2.24) is 19.9 Å². The molecule has 1 fully saturated rings. The number of hydrogen-bond donors (Lipinski definition) is 1. The van der Waals surface area contributed by atoms with Crippen LogP contribution in [0.3, 0.4) is 0 Å². The summed E-state index contributed by atoms with van der Waals surface area (Å²) in [6.07, 6.45) is 6.88. The van der Waals surface area contributed by atoms with Crippen LogP contribution in [0.2, 0.25) is 0 Å². The molecule has 1 amide bonds. The summed E-state index contributed by atoms with van der Waals surface area (Å²) < 4.78 is 0. The third kappa shape index (κ3) is 5.25. The van der Waals surface area contributed by atoms with Crippen LogP contribution in [0.1, 0.15) is 16.7 Å². The molecule has 0 unspecified atom stereocenters. The molecule has 0 bridgehead atoms. The Bertz CT molecular complexity index is 1090. The van der Waals surface area contributed by atoms with E-state index >= 15 is 0 Å². The Morgan fingerprint density at radius 3 is 2.52 bits per heavy atom. The summed E-state index contributed by atoms with van der Waals surface area (Å²) in [5.74, 6) is 2.33. The van der Waals surface area contributed by atoms with E-state index in [0.717, 1.165) is 41.4 Å². The van der Waals surface area contributed by atoms with E-state index in [9.17, 15) is 4.79 Å². The second kappa shape index (κ2) is 9.38. The summed E-state index contributed by atoms with van der Waals surface area (Å²) in [5, 5.41) is 3.23. The van der Waals surface area contributed by atoms with E-state index in [1.807, 2.05) is 67.3 Å². The molecule has 2 aromatic heterocycles. The lowest BCUT2D eigenvalue weighted by Crippen LogP contribution is -2.48. The van der Waals surface area contributed by atoms with Gasteiger partial charge in [0.1, 0.15) is 23.8 Å². The molecule has 4 rings (SSSR count). The van der Waals surface area contributed by atoms with Gasteiger partial charge in [-0.3, -0.25) is 4.79 Å². The molecule has 1 aromatic carbocycles. The molecular weight excluding hydrogens is 388 g/mol. The number of rotatable bonds is 5. The van der Waals surface area contributed by atoms with Crippen LogP contribution in [-0.4, -0.2) is 51.9 Å². The number of aromatic nitrogens is 3. The predicted molar refractivity (Wildman–Crippen MR) is 123 cm³/mol. The maximum Gasteiger partial charge on any atom is 0.246 e. The third-order valence-electron chi connectivity index (χ3n) is 5.33. The number of carbonyl (C=O) groups is 1. The molecule has 0 spiro atoms. The van der Waals surface area contributed by atoms with Crippen molar-refractivity contribution in [2.75, 3.05) is 36.4 Å². The second-order valence-electron chi connectivity index (χ2n) is 7.61. The fourth-order valence-electron chi connectivity index (χ4n) is 3.52. The molecular formula is C24H26N6O. The van der Waals surface area contributed by atoms with Gasteiger partial charge in [0.05, 0.1) is 0 Å². The van der Waals surface area contributed by atoms with E-state index in [1.165, 1.54) is 0 Å². The highest BCUT2D eigenvalue weighted by atomic mass is 16.2. The van der Waals surface area contributed by atoms with Crippen LogP contribution in [-0.2, 0) is 4.79 Å². The number of amides is 1. The van der Waals surface area contributed by atoms with Crippen molar-refractivity contribution in [3.05, 3.63) is 77.8 Å². The van der Waals surface area contributed by atoms with Crippen molar-refractivity contribution < 1.29 is 4.79 Å². The molecule has 1 saturated heterocycles. The number of aryl methyl sites for hydroxylation is 2. The van der Waals surface area contributed by atoms with Gasteiger partial charge in [-0.15, -0.1) is 0 Å². The molecule has 3 heterocycles. The van der Waals surface area contributed by atoms with Crippen molar-refractivity contribution in [2.24, 2.45) is 0 Å². The van der Waals surface area contributed by atoms with Gasteiger partial charge in [0, 0.05) is 44.5 Å². The minimum Gasteiger partial charge on any atom is -0.353 e. The van der Waals surface area contributed by atoms with Crippen molar-refractivity contribution >= 4 is 29.4 Å². The van der Waals surface area contributed by atoms with Crippen LogP contribution in [0.25, 0.3) is 6.08 Å². The summed E-state index contributed by atoms with van der Waals surface area (Å²) in [5.41, 5.74) is 3.35. The van der Waals surface area contributed by atoms with Gasteiger partial charge in [0.15, 0.2) is 0 Å². The van der Waals surface area contributed by atoms with E-state index in [1.54, 1.807) is 18.6 Å². The highest BCUT2D eigenvalue weighted by Gasteiger charge is 2.21. The number of benzene rings is 1. The molecule has 1 aliphatic heterocycles. The normalized spacial score (nSPS) is 14.1. The van der Waals surface area contributed by atoms with E-state index < -0.39 is 0 Å². The van der Waals surface area contributed by atoms with Crippen molar-refractivity contribution in [2.45, 2.75) is 13.8 Å². The summed E-state index contributed by atoms with van der Waals surface area (Å²) >= 11 is 0. The zero-order valence-electron chi connectivity index (χ0n) is 17.8. The zero-order chi connectivity index (χ0) is 21.6. The molecule has 1 N–H and O–H groups in total. The minimum atomic E-state index is 0.0402. The largest absolute Gasteiger partial charge is 0.353 e. The molecule has 31 heavy (non-hydrogen) atoms. The maximum absolute atomic E-state index is 12.6. The van der Waals surface area contributed by atoms with Crippen molar-refractivity contribution in [3.63, 3.8) is 0 Å². The Labute approximate surface area is 182 Å². The first-order valence-electron chi connectivity index (χ1n) is 10.4. The minimum absolute atomic E-state index is 0.0402. The molecule has 0 atom stereocenters. The maximum atomic E-state index is 12.6. The van der Waals surface area contributed by atoms with Gasteiger partial charge < -0.3 is 15.1 Å². The lowest BCUT2D eigenvalue weighted by Gasteiger charge is -2.35. The third-order valence-corrected chi connectivity index (χ3v) is 5.33. The predicted octanol–water partition coefficient (Wildman–Crippen LogP) is 3.59. The zero-order valence-corrected chi connectivity index (χ0v) is 17.8. The second-order valence-corrected chi connectivity index (χ2v) is 7.61. The summed E-state index contributed by atoms with van der Waals surface area (Å²) in [4.78, 5) is 29.7. The number of nitrogens with zero attached hydrogens (tertiary/aromatic N) is 5. The number of hydrogen-bond acceptors (Lipinski definition) is 6. The number of nitrogens with one attached hydrogen (secondary N) is 1. The van der Waals surface area contributed by atoms with Gasteiger partial charge in [-0.2, -0.15) is 0 Å². The summed E-state index contributed by atoms with van der Waals surface area (Å²) in [6.45, 7) is 6.83. The van der Waals surface area contributed by atoms with Crippen LogP contribution >= 0.6 is 0 Å².